The number of halogens is 3. The van der Waals surface area contributed by atoms with Gasteiger partial charge in [0.15, 0.2) is 0 Å². The number of carbonyl (C=O) groups is 1. The highest BCUT2D eigenvalue weighted by atomic mass is 19.4. The van der Waals surface area contributed by atoms with Crippen molar-refractivity contribution in [1.29, 1.82) is 0 Å². The SMILES string of the molecule is CC(C)(C)OC(=O)N1C=CC(c2ccc(C(F)(F)F)cc2)=CC1. The zero-order chi connectivity index (χ0) is 17.3. The highest BCUT2D eigenvalue weighted by molar-refractivity contribution is 5.78. The van der Waals surface area contributed by atoms with Crippen molar-refractivity contribution in [3.8, 4) is 0 Å². The molecule has 0 saturated carbocycles. The Bertz CT molecular complexity index is 637. The van der Waals surface area contributed by atoms with Gasteiger partial charge in [0.05, 0.1) is 5.56 Å². The van der Waals surface area contributed by atoms with Gasteiger partial charge in [-0.2, -0.15) is 13.2 Å². The molecule has 1 amide bonds. The van der Waals surface area contributed by atoms with Crippen molar-refractivity contribution in [2.45, 2.75) is 32.5 Å². The summed E-state index contributed by atoms with van der Waals surface area (Å²) in [4.78, 5) is 13.3. The van der Waals surface area contributed by atoms with Crippen LogP contribution in [0.2, 0.25) is 0 Å². The maximum atomic E-state index is 12.6. The first kappa shape index (κ1) is 17.1. The Labute approximate surface area is 133 Å². The van der Waals surface area contributed by atoms with Gasteiger partial charge in [-0.3, -0.25) is 4.90 Å². The Morgan fingerprint density at radius 1 is 1.13 bits per heavy atom. The summed E-state index contributed by atoms with van der Waals surface area (Å²) in [5.74, 6) is 0. The molecule has 0 bridgehead atoms. The van der Waals surface area contributed by atoms with E-state index < -0.39 is 23.4 Å². The van der Waals surface area contributed by atoms with Crippen molar-refractivity contribution in [3.05, 3.63) is 53.7 Å². The van der Waals surface area contributed by atoms with E-state index in [1.165, 1.54) is 17.0 Å². The van der Waals surface area contributed by atoms with E-state index in [4.69, 9.17) is 4.74 Å². The zero-order valence-electron chi connectivity index (χ0n) is 13.1. The van der Waals surface area contributed by atoms with Gasteiger partial charge in [0, 0.05) is 12.7 Å². The summed E-state index contributed by atoms with van der Waals surface area (Å²) >= 11 is 0. The number of allylic oxidation sites excluding steroid dienone is 2. The molecular weight excluding hydrogens is 307 g/mol. The van der Waals surface area contributed by atoms with Gasteiger partial charge in [-0.25, -0.2) is 4.79 Å². The van der Waals surface area contributed by atoms with Crippen LogP contribution in [-0.4, -0.2) is 23.1 Å². The quantitative estimate of drug-likeness (QED) is 0.738. The molecule has 1 aliphatic rings. The summed E-state index contributed by atoms with van der Waals surface area (Å²) < 4.78 is 42.9. The number of ether oxygens (including phenoxy) is 1. The van der Waals surface area contributed by atoms with Gasteiger partial charge in [-0.05, 0) is 50.1 Å². The maximum Gasteiger partial charge on any atom is 0.416 e. The second-order valence-corrected chi connectivity index (χ2v) is 6.18. The Morgan fingerprint density at radius 2 is 1.74 bits per heavy atom. The fourth-order valence-corrected chi connectivity index (χ4v) is 2.02. The van der Waals surface area contributed by atoms with E-state index in [1.807, 2.05) is 0 Å². The van der Waals surface area contributed by atoms with Crippen LogP contribution in [0.3, 0.4) is 0 Å². The lowest BCUT2D eigenvalue weighted by Crippen LogP contribution is -2.34. The van der Waals surface area contributed by atoms with Crippen molar-refractivity contribution >= 4 is 11.7 Å². The molecule has 6 heteroatoms. The summed E-state index contributed by atoms with van der Waals surface area (Å²) in [7, 11) is 0. The van der Waals surface area contributed by atoms with Crippen molar-refractivity contribution < 1.29 is 22.7 Å². The lowest BCUT2D eigenvalue weighted by atomic mass is 10.0. The van der Waals surface area contributed by atoms with E-state index in [0.29, 0.717) is 12.1 Å². The number of benzene rings is 1. The summed E-state index contributed by atoms with van der Waals surface area (Å²) in [6, 6.07) is 4.93. The number of hydrogen-bond donors (Lipinski definition) is 0. The molecule has 0 aliphatic carbocycles. The third-order valence-electron chi connectivity index (χ3n) is 3.12. The van der Waals surface area contributed by atoms with Gasteiger partial charge in [-0.1, -0.05) is 18.2 Å². The van der Waals surface area contributed by atoms with Gasteiger partial charge < -0.3 is 4.74 Å². The van der Waals surface area contributed by atoms with Crippen LogP contribution in [0.15, 0.2) is 42.6 Å². The number of alkyl halides is 3. The Hall–Kier alpha value is -2.24. The van der Waals surface area contributed by atoms with Crippen LogP contribution in [0.1, 0.15) is 31.9 Å². The lowest BCUT2D eigenvalue weighted by molar-refractivity contribution is -0.137. The first-order valence-electron chi connectivity index (χ1n) is 7.12. The molecule has 0 radical (unpaired) electrons. The second kappa shape index (κ2) is 6.10. The minimum atomic E-state index is -4.34. The van der Waals surface area contributed by atoms with E-state index in [0.717, 1.165) is 17.7 Å². The molecule has 1 aromatic rings. The van der Waals surface area contributed by atoms with Crippen LogP contribution >= 0.6 is 0 Å². The van der Waals surface area contributed by atoms with Gasteiger partial charge in [0.25, 0.3) is 0 Å². The molecule has 1 aromatic carbocycles. The van der Waals surface area contributed by atoms with Gasteiger partial charge in [0.2, 0.25) is 0 Å². The fourth-order valence-electron chi connectivity index (χ4n) is 2.02. The molecule has 0 aromatic heterocycles. The first-order chi connectivity index (χ1) is 10.6. The molecule has 0 saturated heterocycles. The summed E-state index contributed by atoms with van der Waals surface area (Å²) in [6.07, 6.45) is 0.211. The monoisotopic (exact) mass is 325 g/mol. The average molecular weight is 325 g/mol. The normalized spacial score (nSPS) is 15.4. The Morgan fingerprint density at radius 3 is 2.17 bits per heavy atom. The molecule has 0 spiro atoms. The minimum absolute atomic E-state index is 0.307. The van der Waals surface area contributed by atoms with Crippen molar-refractivity contribution in [1.82, 2.24) is 4.90 Å². The predicted molar refractivity (Wildman–Crippen MR) is 81.5 cm³/mol. The van der Waals surface area contributed by atoms with Crippen LogP contribution in [0, 0.1) is 0 Å². The van der Waals surface area contributed by atoms with Gasteiger partial charge >= 0.3 is 12.3 Å². The summed E-state index contributed by atoms with van der Waals surface area (Å²) in [5.41, 5.74) is 0.163. The molecule has 23 heavy (non-hydrogen) atoms. The fraction of sp³-hybridized carbons (Fsp3) is 0.353. The van der Waals surface area contributed by atoms with Crippen LogP contribution in [0.5, 0.6) is 0 Å². The predicted octanol–water partition coefficient (Wildman–Crippen LogP) is 4.85. The Kier molecular flexibility index (Phi) is 4.54. The third-order valence-corrected chi connectivity index (χ3v) is 3.12. The number of carbonyl (C=O) groups excluding carboxylic acids is 1. The third kappa shape index (κ3) is 4.61. The summed E-state index contributed by atoms with van der Waals surface area (Å²) in [5, 5.41) is 0. The molecule has 2 rings (SSSR count). The second-order valence-electron chi connectivity index (χ2n) is 6.18. The van der Waals surface area contributed by atoms with E-state index in [-0.39, 0.29) is 0 Å². The molecule has 0 atom stereocenters. The lowest BCUT2D eigenvalue weighted by Gasteiger charge is -2.26. The minimum Gasteiger partial charge on any atom is -0.443 e. The maximum absolute atomic E-state index is 12.6. The van der Waals surface area contributed by atoms with Crippen LogP contribution in [0.25, 0.3) is 5.57 Å². The zero-order valence-corrected chi connectivity index (χ0v) is 13.1. The molecule has 0 unspecified atom stereocenters. The Balaban J connectivity index is 2.05. The van der Waals surface area contributed by atoms with E-state index in [2.05, 4.69) is 0 Å². The molecule has 0 fully saturated rings. The standard InChI is InChI=1S/C17H18F3NO2/c1-16(2,3)23-15(22)21-10-8-13(9-11-21)12-4-6-14(7-5-12)17(18,19)20/h4-10H,11H2,1-3H3. The number of nitrogens with zero attached hydrogens (tertiary/aromatic N) is 1. The van der Waals surface area contributed by atoms with Gasteiger partial charge in [0.1, 0.15) is 5.60 Å². The van der Waals surface area contributed by atoms with E-state index in [1.54, 1.807) is 39.1 Å². The van der Waals surface area contributed by atoms with Crippen molar-refractivity contribution in [2.24, 2.45) is 0 Å². The van der Waals surface area contributed by atoms with Crippen molar-refractivity contribution in [2.75, 3.05) is 6.54 Å². The average Bonchev–Trinajstić information content (AvgIpc) is 2.45. The van der Waals surface area contributed by atoms with Gasteiger partial charge in [-0.15, -0.1) is 0 Å². The molecule has 1 heterocycles. The molecule has 124 valence electrons. The number of hydrogen-bond acceptors (Lipinski definition) is 2. The molecule has 0 N–H and O–H groups in total. The highest BCUT2D eigenvalue weighted by Gasteiger charge is 2.30. The molecule has 1 aliphatic heterocycles. The number of rotatable bonds is 1. The molecular formula is C17H18F3NO2. The number of amides is 1. The van der Waals surface area contributed by atoms with Crippen LogP contribution in [0.4, 0.5) is 18.0 Å². The first-order valence-corrected chi connectivity index (χ1v) is 7.12. The van der Waals surface area contributed by atoms with Crippen LogP contribution in [-0.2, 0) is 10.9 Å². The topological polar surface area (TPSA) is 29.5 Å². The smallest absolute Gasteiger partial charge is 0.416 e. The van der Waals surface area contributed by atoms with Crippen LogP contribution < -0.4 is 0 Å². The van der Waals surface area contributed by atoms with E-state index >= 15 is 0 Å². The van der Waals surface area contributed by atoms with E-state index in [9.17, 15) is 18.0 Å². The largest absolute Gasteiger partial charge is 0.443 e. The molecule has 3 nitrogen and oxygen atoms in total. The summed E-state index contributed by atoms with van der Waals surface area (Å²) in [6.45, 7) is 5.65. The van der Waals surface area contributed by atoms with Crippen molar-refractivity contribution in [3.63, 3.8) is 0 Å². The highest BCUT2D eigenvalue weighted by Crippen LogP contribution is 2.30.